The second kappa shape index (κ2) is 10.7. The molecule has 4 aromatic rings. The number of aromatic nitrogens is 4. The number of nitrogens with zero attached hydrogens (tertiary/aromatic N) is 5. The van der Waals surface area contributed by atoms with Crippen LogP contribution in [-0.2, 0) is 6.61 Å². The zero-order chi connectivity index (χ0) is 25.8. The van der Waals surface area contributed by atoms with Crippen LogP contribution < -0.4 is 20.5 Å². The lowest BCUT2D eigenvalue weighted by Crippen LogP contribution is -2.27. The van der Waals surface area contributed by atoms with E-state index in [1.54, 1.807) is 18.3 Å². The van der Waals surface area contributed by atoms with Crippen LogP contribution in [0.2, 0.25) is 0 Å². The van der Waals surface area contributed by atoms with Crippen molar-refractivity contribution in [2.45, 2.75) is 20.5 Å². The number of anilines is 2. The normalized spacial score (nSPS) is 12.0. The van der Waals surface area contributed by atoms with Gasteiger partial charge in [-0.3, -0.25) is 4.79 Å². The number of para-hydroxylation sites is 1. The van der Waals surface area contributed by atoms with Gasteiger partial charge >= 0.3 is 0 Å². The van der Waals surface area contributed by atoms with Crippen molar-refractivity contribution in [1.82, 2.24) is 24.6 Å². The molecule has 37 heavy (non-hydrogen) atoms. The summed E-state index contributed by atoms with van der Waals surface area (Å²) in [5.41, 5.74) is 9.45. The van der Waals surface area contributed by atoms with Crippen LogP contribution in [0.25, 0.3) is 17.2 Å². The number of carbonyl (C=O) groups excluding carboxylic acids is 1. The predicted molar refractivity (Wildman–Crippen MR) is 141 cm³/mol. The topological polar surface area (TPSA) is 120 Å². The zero-order valence-electron chi connectivity index (χ0n) is 20.8. The van der Waals surface area contributed by atoms with Gasteiger partial charge in [-0.1, -0.05) is 26.0 Å². The van der Waals surface area contributed by atoms with Crippen LogP contribution in [0.1, 0.15) is 29.8 Å². The molecule has 5 rings (SSSR count). The molecule has 1 aliphatic heterocycles. The van der Waals surface area contributed by atoms with Crippen molar-refractivity contribution in [2.75, 3.05) is 37.3 Å². The molecule has 0 saturated carbocycles. The second-order valence-corrected chi connectivity index (χ2v) is 8.56. The van der Waals surface area contributed by atoms with E-state index in [-0.39, 0.29) is 17.3 Å². The molecular weight excluding hydrogens is 470 g/mol. The summed E-state index contributed by atoms with van der Waals surface area (Å²) in [7, 11) is 0. The van der Waals surface area contributed by atoms with Crippen molar-refractivity contribution in [3.63, 3.8) is 0 Å². The minimum absolute atomic E-state index is 0.0823. The molecule has 1 amide bonds. The van der Waals surface area contributed by atoms with E-state index >= 15 is 0 Å². The Hall–Kier alpha value is -4.44. The van der Waals surface area contributed by atoms with Crippen LogP contribution in [0.15, 0.2) is 60.9 Å². The molecule has 0 spiro atoms. The summed E-state index contributed by atoms with van der Waals surface area (Å²) in [5.74, 6) is 1.52. The molecule has 2 aromatic heterocycles. The van der Waals surface area contributed by atoms with Gasteiger partial charge in [0.1, 0.15) is 30.3 Å². The number of nitrogen functional groups attached to an aromatic ring is 1. The largest absolute Gasteiger partial charge is 0.492 e. The number of ether oxygens (including phenoxy) is 2. The highest BCUT2D eigenvalue weighted by Gasteiger charge is 2.21. The van der Waals surface area contributed by atoms with Crippen molar-refractivity contribution in [3.05, 3.63) is 72.1 Å². The minimum atomic E-state index is -0.379. The number of nitrogens with two attached hydrogens (primary N) is 1. The van der Waals surface area contributed by atoms with E-state index in [0.717, 1.165) is 48.0 Å². The molecule has 0 bridgehead atoms. The maximum Gasteiger partial charge on any atom is 0.261 e. The van der Waals surface area contributed by atoms with E-state index in [9.17, 15) is 4.79 Å². The Morgan fingerprint density at radius 2 is 1.95 bits per heavy atom. The number of carbonyl (C=O) groups is 1. The van der Waals surface area contributed by atoms with Gasteiger partial charge in [0.2, 0.25) is 0 Å². The number of hydrogen-bond acceptors (Lipinski definition) is 8. The van der Waals surface area contributed by atoms with Crippen LogP contribution in [0.4, 0.5) is 11.5 Å². The fourth-order valence-corrected chi connectivity index (χ4v) is 4.12. The van der Waals surface area contributed by atoms with Crippen LogP contribution in [0, 0.1) is 0 Å². The Morgan fingerprint density at radius 1 is 1.16 bits per heavy atom. The first kappa shape index (κ1) is 24.3. The summed E-state index contributed by atoms with van der Waals surface area (Å²) >= 11 is 0. The van der Waals surface area contributed by atoms with E-state index in [1.165, 1.54) is 10.9 Å². The Balaban J connectivity index is 1.27. The highest BCUT2D eigenvalue weighted by molar-refractivity contribution is 6.07. The minimum Gasteiger partial charge on any atom is -0.492 e. The van der Waals surface area contributed by atoms with Gasteiger partial charge in [-0.2, -0.15) is 0 Å². The number of fused-ring (bicyclic) bond motifs is 3. The van der Waals surface area contributed by atoms with E-state index in [0.29, 0.717) is 24.8 Å². The van der Waals surface area contributed by atoms with E-state index < -0.39 is 0 Å². The maximum atomic E-state index is 12.9. The quantitative estimate of drug-likeness (QED) is 0.357. The molecule has 10 nitrogen and oxygen atoms in total. The highest BCUT2D eigenvalue weighted by atomic mass is 16.5. The molecule has 0 saturated heterocycles. The van der Waals surface area contributed by atoms with Crippen LogP contribution >= 0.6 is 0 Å². The van der Waals surface area contributed by atoms with Gasteiger partial charge < -0.3 is 25.4 Å². The van der Waals surface area contributed by atoms with E-state index in [4.69, 9.17) is 15.2 Å². The van der Waals surface area contributed by atoms with Crippen molar-refractivity contribution in [2.24, 2.45) is 0 Å². The first-order valence-corrected chi connectivity index (χ1v) is 12.3. The molecule has 3 N–H and O–H groups in total. The van der Waals surface area contributed by atoms with E-state index in [1.807, 2.05) is 36.4 Å². The Kier molecular flexibility index (Phi) is 7.00. The average molecular weight is 500 g/mol. The molecule has 3 heterocycles. The van der Waals surface area contributed by atoms with Crippen molar-refractivity contribution < 1.29 is 14.3 Å². The molecule has 2 aromatic carbocycles. The zero-order valence-corrected chi connectivity index (χ0v) is 20.8. The van der Waals surface area contributed by atoms with Crippen LogP contribution in [0.5, 0.6) is 11.5 Å². The number of nitrogens with one attached hydrogen (secondary N) is 1. The first-order valence-electron chi connectivity index (χ1n) is 12.3. The number of rotatable bonds is 9. The third-order valence-electron chi connectivity index (χ3n) is 6.25. The summed E-state index contributed by atoms with van der Waals surface area (Å²) in [4.78, 5) is 24.3. The molecule has 0 fully saturated rings. The lowest BCUT2D eigenvalue weighted by molar-refractivity contribution is 0.102. The SMILES string of the molecule is CCN(CC)CCOc1ccc(NC(=O)c2cn(-c3ncc4c(n3)-c3ccccc3OC4)nc2N)cc1. The maximum absolute atomic E-state index is 12.9. The monoisotopic (exact) mass is 499 g/mol. The summed E-state index contributed by atoms with van der Waals surface area (Å²) in [6, 6.07) is 14.9. The fraction of sp³-hybridized carbons (Fsp3) is 0.259. The van der Waals surface area contributed by atoms with Crippen LogP contribution in [-0.4, -0.2) is 56.8 Å². The molecule has 10 heteroatoms. The predicted octanol–water partition coefficient (Wildman–Crippen LogP) is 3.78. The number of hydrogen-bond donors (Lipinski definition) is 2. The third kappa shape index (κ3) is 5.24. The summed E-state index contributed by atoms with van der Waals surface area (Å²) in [6.07, 6.45) is 3.24. The standard InChI is InChI=1S/C27H29N7O3/c1-3-33(4-2)13-14-36-20-11-9-19(10-12-20)30-26(35)22-16-34(32-25(22)28)27-29-15-18-17-37-23-8-6-5-7-21(23)24(18)31-27/h5-12,15-16H,3-4,13-14,17H2,1-2H3,(H2,28,32)(H,30,35). The molecule has 0 radical (unpaired) electrons. The van der Waals surface area contributed by atoms with Gasteiger partial charge in [-0.05, 0) is 49.5 Å². The summed E-state index contributed by atoms with van der Waals surface area (Å²) in [5, 5.41) is 7.13. The van der Waals surface area contributed by atoms with Crippen molar-refractivity contribution >= 4 is 17.4 Å². The molecule has 0 unspecified atom stereocenters. The number of amides is 1. The van der Waals surface area contributed by atoms with Crippen LogP contribution in [0.3, 0.4) is 0 Å². The second-order valence-electron chi connectivity index (χ2n) is 8.56. The molecular formula is C27H29N7O3. The highest BCUT2D eigenvalue weighted by Crippen LogP contribution is 2.35. The Morgan fingerprint density at radius 3 is 2.73 bits per heavy atom. The van der Waals surface area contributed by atoms with Crippen molar-refractivity contribution in [1.29, 1.82) is 0 Å². The third-order valence-corrected chi connectivity index (χ3v) is 6.25. The molecule has 1 aliphatic rings. The van der Waals surface area contributed by atoms with Gasteiger partial charge in [0, 0.05) is 35.8 Å². The lowest BCUT2D eigenvalue weighted by Gasteiger charge is -2.19. The summed E-state index contributed by atoms with van der Waals surface area (Å²) in [6.45, 7) is 8.10. The van der Waals surface area contributed by atoms with Crippen molar-refractivity contribution in [3.8, 4) is 28.7 Å². The summed E-state index contributed by atoms with van der Waals surface area (Å²) < 4.78 is 13.0. The van der Waals surface area contributed by atoms with Gasteiger partial charge in [0.15, 0.2) is 5.82 Å². The molecule has 190 valence electrons. The lowest BCUT2D eigenvalue weighted by atomic mass is 10.0. The van der Waals surface area contributed by atoms with E-state index in [2.05, 4.69) is 39.1 Å². The Labute approximate surface area is 215 Å². The smallest absolute Gasteiger partial charge is 0.261 e. The van der Waals surface area contributed by atoms with Gasteiger partial charge in [-0.25, -0.2) is 14.6 Å². The van der Waals surface area contributed by atoms with Gasteiger partial charge in [0.05, 0.1) is 5.69 Å². The average Bonchev–Trinajstić information content (AvgIpc) is 3.33. The molecule has 0 aliphatic carbocycles. The first-order chi connectivity index (χ1) is 18.1. The van der Waals surface area contributed by atoms with Gasteiger partial charge in [-0.15, -0.1) is 5.10 Å². The number of benzene rings is 2. The fourth-order valence-electron chi connectivity index (χ4n) is 4.12. The Bertz CT molecular complexity index is 1400. The molecule has 0 atom stereocenters. The number of likely N-dealkylation sites (N-methyl/N-ethyl adjacent to an activating group) is 1. The van der Waals surface area contributed by atoms with Gasteiger partial charge in [0.25, 0.3) is 11.9 Å².